The minimum atomic E-state index is -0.169. The molecule has 0 atom stereocenters. The number of aryl methyl sites for hydroxylation is 1. The average molecular weight is 319 g/mol. The lowest BCUT2D eigenvalue weighted by Crippen LogP contribution is -2.26. The highest BCUT2D eigenvalue weighted by Gasteiger charge is 2.24. The lowest BCUT2D eigenvalue weighted by molar-refractivity contribution is 0.0993. The number of amides is 1. The van der Waals surface area contributed by atoms with Crippen LogP contribution in [-0.2, 0) is 6.54 Å². The van der Waals surface area contributed by atoms with Gasteiger partial charge in [-0.1, -0.05) is 36.4 Å². The van der Waals surface area contributed by atoms with Gasteiger partial charge in [-0.3, -0.25) is 9.69 Å². The highest BCUT2D eigenvalue weighted by atomic mass is 16.5. The second-order valence-electron chi connectivity index (χ2n) is 5.60. The number of ether oxygens (including phenoxy) is 1. The highest BCUT2D eigenvalue weighted by Crippen LogP contribution is 2.28. The van der Waals surface area contributed by atoms with Crippen molar-refractivity contribution in [2.45, 2.75) is 13.0 Å². The molecule has 5 heteroatoms. The van der Waals surface area contributed by atoms with E-state index in [0.717, 1.165) is 24.3 Å². The third kappa shape index (κ3) is 2.65. The molecule has 5 nitrogen and oxygen atoms in total. The van der Waals surface area contributed by atoms with E-state index in [-0.39, 0.29) is 5.91 Å². The molecule has 0 radical (unpaired) electrons. The first-order valence-electron chi connectivity index (χ1n) is 7.98. The van der Waals surface area contributed by atoms with Gasteiger partial charge in [-0.05, 0) is 24.3 Å². The lowest BCUT2D eigenvalue weighted by atomic mass is 10.2. The summed E-state index contributed by atoms with van der Waals surface area (Å²) in [6.45, 7) is 1.44. The van der Waals surface area contributed by atoms with Gasteiger partial charge in [0.05, 0.1) is 6.61 Å². The Morgan fingerprint density at radius 1 is 1.00 bits per heavy atom. The van der Waals surface area contributed by atoms with Crippen LogP contribution in [0.25, 0.3) is 0 Å². The summed E-state index contributed by atoms with van der Waals surface area (Å²) >= 11 is 0. The monoisotopic (exact) mass is 319 g/mol. The van der Waals surface area contributed by atoms with Crippen LogP contribution in [0.1, 0.15) is 16.9 Å². The number of fused-ring (bicyclic) bond motifs is 1. The number of para-hydroxylation sites is 2. The second kappa shape index (κ2) is 6.20. The summed E-state index contributed by atoms with van der Waals surface area (Å²) in [5.41, 5.74) is 2.00. The molecule has 24 heavy (non-hydrogen) atoms. The number of anilines is 2. The summed E-state index contributed by atoms with van der Waals surface area (Å²) < 4.78 is 7.33. The lowest BCUT2D eigenvalue weighted by Gasteiger charge is -2.22. The van der Waals surface area contributed by atoms with Gasteiger partial charge in [0.25, 0.3) is 5.91 Å². The topological polar surface area (TPSA) is 47.4 Å². The van der Waals surface area contributed by atoms with Crippen LogP contribution in [-0.4, -0.2) is 22.3 Å². The molecule has 1 aromatic heterocycles. The Kier molecular flexibility index (Phi) is 3.75. The molecular weight excluding hydrogens is 302 g/mol. The fourth-order valence-corrected chi connectivity index (χ4v) is 2.82. The molecule has 0 bridgehead atoms. The Hall–Kier alpha value is -3.08. The Balaban J connectivity index is 1.76. The van der Waals surface area contributed by atoms with Gasteiger partial charge < -0.3 is 4.74 Å². The fourth-order valence-electron chi connectivity index (χ4n) is 2.82. The van der Waals surface area contributed by atoms with Crippen molar-refractivity contribution in [3.05, 3.63) is 72.4 Å². The fraction of sp³-hybridized carbons (Fsp3) is 0.158. The number of carbonyl (C=O) groups is 1. The van der Waals surface area contributed by atoms with Crippen LogP contribution < -0.4 is 9.64 Å². The second-order valence-corrected chi connectivity index (χ2v) is 5.60. The summed E-state index contributed by atoms with van der Waals surface area (Å²) in [6, 6.07) is 20.9. The Morgan fingerprint density at radius 2 is 1.62 bits per heavy atom. The molecule has 120 valence electrons. The minimum Gasteiger partial charge on any atom is -0.478 e. The van der Waals surface area contributed by atoms with Gasteiger partial charge in [-0.15, -0.1) is 0 Å². The molecule has 1 aliphatic heterocycles. The van der Waals surface area contributed by atoms with E-state index in [1.807, 2.05) is 60.7 Å². The molecule has 0 spiro atoms. The van der Waals surface area contributed by atoms with Crippen LogP contribution >= 0.6 is 0 Å². The summed E-state index contributed by atoms with van der Waals surface area (Å²) in [5.74, 6) is 0.489. The van der Waals surface area contributed by atoms with E-state index in [9.17, 15) is 4.79 Å². The predicted molar refractivity (Wildman–Crippen MR) is 91.7 cm³/mol. The number of nitrogens with zero attached hydrogens (tertiary/aromatic N) is 3. The number of rotatable bonds is 3. The van der Waals surface area contributed by atoms with Crippen LogP contribution in [0.3, 0.4) is 0 Å². The smallest absolute Gasteiger partial charge is 0.283 e. The maximum absolute atomic E-state index is 13.2. The van der Waals surface area contributed by atoms with E-state index in [1.165, 1.54) is 0 Å². The normalized spacial score (nSPS) is 13.0. The van der Waals surface area contributed by atoms with E-state index in [1.54, 1.807) is 15.6 Å². The molecule has 3 aromatic rings. The van der Waals surface area contributed by atoms with Gasteiger partial charge in [0.1, 0.15) is 0 Å². The summed E-state index contributed by atoms with van der Waals surface area (Å²) in [4.78, 5) is 14.8. The number of benzene rings is 2. The number of hydrogen-bond acceptors (Lipinski definition) is 3. The molecule has 2 aromatic carbocycles. The van der Waals surface area contributed by atoms with Crippen molar-refractivity contribution >= 4 is 17.3 Å². The van der Waals surface area contributed by atoms with Gasteiger partial charge in [0, 0.05) is 30.4 Å². The largest absolute Gasteiger partial charge is 0.478 e. The molecule has 0 saturated carbocycles. The third-order valence-corrected chi connectivity index (χ3v) is 3.96. The van der Waals surface area contributed by atoms with Crippen molar-refractivity contribution in [1.29, 1.82) is 0 Å². The van der Waals surface area contributed by atoms with Crippen molar-refractivity contribution in [2.24, 2.45) is 0 Å². The molecule has 0 N–H and O–H groups in total. The zero-order valence-corrected chi connectivity index (χ0v) is 13.1. The molecular formula is C19H17N3O2. The van der Waals surface area contributed by atoms with Crippen LogP contribution in [0.5, 0.6) is 5.88 Å². The highest BCUT2D eigenvalue weighted by molar-refractivity contribution is 6.09. The number of carbonyl (C=O) groups excluding carboxylic acids is 1. The third-order valence-electron chi connectivity index (χ3n) is 3.96. The van der Waals surface area contributed by atoms with Crippen molar-refractivity contribution in [2.75, 3.05) is 11.5 Å². The van der Waals surface area contributed by atoms with Crippen LogP contribution in [0.15, 0.2) is 66.7 Å². The van der Waals surface area contributed by atoms with Gasteiger partial charge in [0.2, 0.25) is 5.88 Å². The Labute approximate surface area is 140 Å². The minimum absolute atomic E-state index is 0.169. The van der Waals surface area contributed by atoms with Gasteiger partial charge in [-0.25, -0.2) is 4.68 Å². The van der Waals surface area contributed by atoms with E-state index in [0.29, 0.717) is 18.2 Å². The number of aromatic nitrogens is 2. The summed E-state index contributed by atoms with van der Waals surface area (Å²) in [6.07, 6.45) is 0.906. The SMILES string of the molecule is O=C(c1cc2n(n1)CCCO2)N(c1ccccc1)c1ccccc1. The average Bonchev–Trinajstić information content (AvgIpc) is 3.08. The van der Waals surface area contributed by atoms with Crippen LogP contribution in [0, 0.1) is 0 Å². The van der Waals surface area contributed by atoms with Crippen LogP contribution in [0.4, 0.5) is 11.4 Å². The molecule has 2 heterocycles. The molecule has 0 unspecified atom stereocenters. The van der Waals surface area contributed by atoms with Gasteiger partial charge >= 0.3 is 0 Å². The zero-order valence-electron chi connectivity index (χ0n) is 13.1. The van der Waals surface area contributed by atoms with Crippen LogP contribution in [0.2, 0.25) is 0 Å². The van der Waals surface area contributed by atoms with Crippen molar-refractivity contribution in [3.63, 3.8) is 0 Å². The zero-order chi connectivity index (χ0) is 16.4. The summed E-state index contributed by atoms with van der Waals surface area (Å²) in [7, 11) is 0. The standard InChI is InChI=1S/C19H17N3O2/c23-19(17-14-18-21(20-17)12-7-13-24-18)22(15-8-3-1-4-9-15)16-10-5-2-6-11-16/h1-6,8-11,14H,7,12-13H2. The molecule has 0 aliphatic carbocycles. The van der Waals surface area contributed by atoms with Crippen molar-refractivity contribution in [3.8, 4) is 5.88 Å². The maximum Gasteiger partial charge on any atom is 0.283 e. The van der Waals surface area contributed by atoms with E-state index in [2.05, 4.69) is 5.10 Å². The van der Waals surface area contributed by atoms with Crippen molar-refractivity contribution in [1.82, 2.24) is 9.78 Å². The first-order valence-corrected chi connectivity index (χ1v) is 7.98. The predicted octanol–water partition coefficient (Wildman–Crippen LogP) is 3.64. The molecule has 0 saturated heterocycles. The Bertz CT molecular complexity index is 781. The molecule has 1 aliphatic rings. The van der Waals surface area contributed by atoms with E-state index < -0.39 is 0 Å². The number of hydrogen-bond donors (Lipinski definition) is 0. The van der Waals surface area contributed by atoms with E-state index in [4.69, 9.17) is 4.74 Å². The molecule has 0 fully saturated rings. The quantitative estimate of drug-likeness (QED) is 0.740. The molecule has 4 rings (SSSR count). The van der Waals surface area contributed by atoms with Crippen molar-refractivity contribution < 1.29 is 9.53 Å². The maximum atomic E-state index is 13.2. The first kappa shape index (κ1) is 14.5. The molecule has 1 amide bonds. The van der Waals surface area contributed by atoms with E-state index >= 15 is 0 Å². The van der Waals surface area contributed by atoms with Gasteiger partial charge in [-0.2, -0.15) is 5.10 Å². The van der Waals surface area contributed by atoms with Gasteiger partial charge in [0.15, 0.2) is 5.69 Å². The summed E-state index contributed by atoms with van der Waals surface area (Å²) in [5, 5.41) is 4.42. The first-order chi connectivity index (χ1) is 11.8. The Morgan fingerprint density at radius 3 is 2.21 bits per heavy atom.